The Bertz CT molecular complexity index is 604. The minimum absolute atomic E-state index is 0.0472. The Morgan fingerprint density at radius 3 is 2.70 bits per heavy atom. The highest BCUT2D eigenvalue weighted by atomic mass is 16.5. The van der Waals surface area contributed by atoms with E-state index < -0.39 is 0 Å². The SMILES string of the molecule is CC(=O)N1c2ccc(N3CCOC(C)C3)cc2[C@H](N)C(C)[C@@H]1C. The van der Waals surface area contributed by atoms with Gasteiger partial charge in [0, 0.05) is 43.5 Å². The number of benzene rings is 1. The number of hydrogen-bond acceptors (Lipinski definition) is 4. The molecule has 23 heavy (non-hydrogen) atoms. The summed E-state index contributed by atoms with van der Waals surface area (Å²) in [6.07, 6.45) is 0.237. The molecule has 1 fully saturated rings. The van der Waals surface area contributed by atoms with Crippen LogP contribution in [-0.4, -0.2) is 37.7 Å². The quantitative estimate of drug-likeness (QED) is 0.863. The summed E-state index contributed by atoms with van der Waals surface area (Å²) in [6.45, 7) is 10.4. The van der Waals surface area contributed by atoms with Crippen LogP contribution in [0.1, 0.15) is 39.3 Å². The smallest absolute Gasteiger partial charge is 0.224 e. The minimum Gasteiger partial charge on any atom is -0.375 e. The highest BCUT2D eigenvalue weighted by molar-refractivity contribution is 5.94. The Morgan fingerprint density at radius 1 is 1.30 bits per heavy atom. The van der Waals surface area contributed by atoms with Crippen LogP contribution in [0.5, 0.6) is 0 Å². The normalized spacial score (nSPS) is 31.0. The first-order valence-corrected chi connectivity index (χ1v) is 8.46. The molecule has 2 aliphatic heterocycles. The van der Waals surface area contributed by atoms with Crippen LogP contribution in [0.4, 0.5) is 11.4 Å². The number of fused-ring (bicyclic) bond motifs is 1. The first-order valence-electron chi connectivity index (χ1n) is 8.46. The molecule has 1 amide bonds. The molecule has 2 aliphatic rings. The molecule has 126 valence electrons. The maximum atomic E-state index is 12.1. The topological polar surface area (TPSA) is 58.8 Å². The summed E-state index contributed by atoms with van der Waals surface area (Å²) in [5, 5.41) is 0. The van der Waals surface area contributed by atoms with E-state index in [-0.39, 0.29) is 30.0 Å². The fraction of sp³-hybridized carbons (Fsp3) is 0.611. The van der Waals surface area contributed by atoms with Crippen molar-refractivity contribution in [3.05, 3.63) is 23.8 Å². The molecule has 0 spiro atoms. The first-order chi connectivity index (χ1) is 10.9. The Hall–Kier alpha value is -1.59. The zero-order valence-electron chi connectivity index (χ0n) is 14.5. The number of amides is 1. The van der Waals surface area contributed by atoms with Crippen LogP contribution in [0.15, 0.2) is 18.2 Å². The molecule has 0 saturated carbocycles. The lowest BCUT2D eigenvalue weighted by molar-refractivity contribution is -0.117. The van der Waals surface area contributed by atoms with Gasteiger partial charge in [-0.3, -0.25) is 4.79 Å². The summed E-state index contributed by atoms with van der Waals surface area (Å²) in [6, 6.07) is 6.38. The van der Waals surface area contributed by atoms with Crippen molar-refractivity contribution in [3.63, 3.8) is 0 Å². The van der Waals surface area contributed by atoms with Gasteiger partial charge >= 0.3 is 0 Å². The van der Waals surface area contributed by atoms with Crippen molar-refractivity contribution in [1.29, 1.82) is 0 Å². The van der Waals surface area contributed by atoms with Gasteiger partial charge in [-0.25, -0.2) is 0 Å². The first kappa shape index (κ1) is 16.3. The maximum Gasteiger partial charge on any atom is 0.224 e. The standard InChI is InChI=1S/C18H27N3O2/c1-11-10-20(7-8-23-11)15-5-6-17-16(9-15)18(19)12(2)13(3)21(17)14(4)22/h5-6,9,11-13,18H,7-8,10,19H2,1-4H3/t11?,12?,13-,18+/m0/s1. The van der Waals surface area contributed by atoms with Crippen LogP contribution in [0.2, 0.25) is 0 Å². The molecule has 5 heteroatoms. The largest absolute Gasteiger partial charge is 0.375 e. The number of nitrogens with two attached hydrogens (primary N) is 1. The molecular weight excluding hydrogens is 290 g/mol. The Morgan fingerprint density at radius 2 is 2.04 bits per heavy atom. The summed E-state index contributed by atoms with van der Waals surface area (Å²) in [7, 11) is 0. The number of morpholine rings is 1. The molecule has 0 aromatic heterocycles. The summed E-state index contributed by atoms with van der Waals surface area (Å²) < 4.78 is 5.62. The predicted octanol–water partition coefficient (Wildman–Crippen LogP) is 2.30. The number of nitrogens with zero attached hydrogens (tertiary/aromatic N) is 2. The molecule has 2 N–H and O–H groups in total. The molecule has 2 heterocycles. The van der Waals surface area contributed by atoms with E-state index in [0.717, 1.165) is 30.9 Å². The fourth-order valence-electron chi connectivity index (χ4n) is 3.77. The third-order valence-corrected chi connectivity index (χ3v) is 5.31. The monoisotopic (exact) mass is 317 g/mol. The van der Waals surface area contributed by atoms with E-state index in [0.29, 0.717) is 0 Å². The second kappa shape index (κ2) is 6.13. The van der Waals surface area contributed by atoms with E-state index in [1.54, 1.807) is 6.92 Å². The molecule has 1 aromatic rings. The van der Waals surface area contributed by atoms with Gasteiger partial charge in [0.15, 0.2) is 0 Å². The number of rotatable bonds is 1. The zero-order valence-corrected chi connectivity index (χ0v) is 14.5. The van der Waals surface area contributed by atoms with Gasteiger partial charge < -0.3 is 20.3 Å². The third kappa shape index (κ3) is 2.83. The number of carbonyl (C=O) groups is 1. The average Bonchev–Trinajstić information content (AvgIpc) is 2.52. The van der Waals surface area contributed by atoms with Gasteiger partial charge in [-0.1, -0.05) is 6.92 Å². The number of hydrogen-bond donors (Lipinski definition) is 1. The van der Waals surface area contributed by atoms with E-state index >= 15 is 0 Å². The number of carbonyl (C=O) groups excluding carboxylic acids is 1. The highest BCUT2D eigenvalue weighted by Gasteiger charge is 2.36. The van der Waals surface area contributed by atoms with Gasteiger partial charge in [0.1, 0.15) is 0 Å². The summed E-state index contributed by atoms with van der Waals surface area (Å²) >= 11 is 0. The maximum absolute atomic E-state index is 12.1. The van der Waals surface area contributed by atoms with E-state index in [1.165, 1.54) is 5.69 Å². The van der Waals surface area contributed by atoms with Crippen LogP contribution in [0.25, 0.3) is 0 Å². The van der Waals surface area contributed by atoms with Gasteiger partial charge in [-0.15, -0.1) is 0 Å². The molecule has 5 nitrogen and oxygen atoms in total. The molecule has 0 aliphatic carbocycles. The fourth-order valence-corrected chi connectivity index (χ4v) is 3.77. The van der Waals surface area contributed by atoms with Crippen molar-refractivity contribution in [1.82, 2.24) is 0 Å². The van der Waals surface area contributed by atoms with Crippen molar-refractivity contribution in [3.8, 4) is 0 Å². The second-order valence-electron chi connectivity index (χ2n) is 6.89. The van der Waals surface area contributed by atoms with Crippen LogP contribution in [-0.2, 0) is 9.53 Å². The van der Waals surface area contributed by atoms with Crippen molar-refractivity contribution < 1.29 is 9.53 Å². The predicted molar refractivity (Wildman–Crippen MR) is 92.8 cm³/mol. The van der Waals surface area contributed by atoms with Gasteiger partial charge in [0.05, 0.1) is 12.7 Å². The van der Waals surface area contributed by atoms with Crippen LogP contribution in [0, 0.1) is 5.92 Å². The van der Waals surface area contributed by atoms with Crippen molar-refractivity contribution >= 4 is 17.3 Å². The molecular formula is C18H27N3O2. The summed E-state index contributed by atoms with van der Waals surface area (Å²) in [5.41, 5.74) is 9.68. The Balaban J connectivity index is 1.99. The Labute approximate surface area is 138 Å². The lowest BCUT2D eigenvalue weighted by atomic mass is 9.83. The molecule has 0 bridgehead atoms. The van der Waals surface area contributed by atoms with Crippen LogP contribution < -0.4 is 15.5 Å². The molecule has 1 saturated heterocycles. The highest BCUT2D eigenvalue weighted by Crippen LogP contribution is 2.41. The molecule has 4 atom stereocenters. The van der Waals surface area contributed by atoms with Crippen LogP contribution >= 0.6 is 0 Å². The van der Waals surface area contributed by atoms with Gasteiger partial charge in [-0.05, 0) is 43.5 Å². The van der Waals surface area contributed by atoms with E-state index in [1.807, 2.05) is 4.90 Å². The minimum atomic E-state index is -0.0472. The summed E-state index contributed by atoms with van der Waals surface area (Å²) in [4.78, 5) is 16.3. The van der Waals surface area contributed by atoms with E-state index in [2.05, 4.69) is 43.9 Å². The van der Waals surface area contributed by atoms with Gasteiger partial charge in [0.2, 0.25) is 5.91 Å². The van der Waals surface area contributed by atoms with E-state index in [9.17, 15) is 4.79 Å². The average molecular weight is 317 g/mol. The molecule has 1 aromatic carbocycles. The van der Waals surface area contributed by atoms with Crippen molar-refractivity contribution in [2.45, 2.75) is 45.9 Å². The van der Waals surface area contributed by atoms with Gasteiger partial charge in [-0.2, -0.15) is 0 Å². The zero-order chi connectivity index (χ0) is 16.7. The second-order valence-corrected chi connectivity index (χ2v) is 6.89. The summed E-state index contributed by atoms with van der Waals surface area (Å²) in [5.74, 6) is 0.301. The van der Waals surface area contributed by atoms with Gasteiger partial charge in [0.25, 0.3) is 0 Å². The molecule has 2 unspecified atom stereocenters. The third-order valence-electron chi connectivity index (χ3n) is 5.31. The lowest BCUT2D eigenvalue weighted by Gasteiger charge is -2.43. The molecule has 0 radical (unpaired) electrons. The number of anilines is 2. The lowest BCUT2D eigenvalue weighted by Crippen LogP contribution is -2.49. The van der Waals surface area contributed by atoms with Crippen molar-refractivity contribution in [2.24, 2.45) is 11.7 Å². The Kier molecular flexibility index (Phi) is 4.34. The van der Waals surface area contributed by atoms with Crippen LogP contribution in [0.3, 0.4) is 0 Å². The number of ether oxygens (including phenoxy) is 1. The molecule has 3 rings (SSSR count). The van der Waals surface area contributed by atoms with Crippen molar-refractivity contribution in [2.75, 3.05) is 29.5 Å². The van der Waals surface area contributed by atoms with E-state index in [4.69, 9.17) is 10.5 Å².